The van der Waals surface area contributed by atoms with Crippen LogP contribution in [0, 0.1) is 5.92 Å². The Balaban J connectivity index is 1.81. The molecule has 0 unspecified atom stereocenters. The molecule has 0 spiro atoms. The molecule has 0 aliphatic heterocycles. The number of ether oxygens (including phenoxy) is 1. The zero-order chi connectivity index (χ0) is 14.6. The molecule has 112 valence electrons. The molecule has 0 bridgehead atoms. The van der Waals surface area contributed by atoms with E-state index in [-0.39, 0.29) is 5.54 Å². The molecule has 1 aliphatic rings. The van der Waals surface area contributed by atoms with Crippen molar-refractivity contribution in [1.29, 1.82) is 0 Å². The van der Waals surface area contributed by atoms with Crippen molar-refractivity contribution >= 4 is 11.6 Å². The van der Waals surface area contributed by atoms with Crippen LogP contribution in [0.15, 0.2) is 12.3 Å². The van der Waals surface area contributed by atoms with Gasteiger partial charge in [0.15, 0.2) is 0 Å². The molecule has 0 amide bonds. The number of hydrogen-bond donors (Lipinski definition) is 1. The van der Waals surface area contributed by atoms with Gasteiger partial charge in [0.1, 0.15) is 5.02 Å². The van der Waals surface area contributed by atoms with Gasteiger partial charge in [-0.2, -0.15) is 0 Å². The van der Waals surface area contributed by atoms with Crippen molar-refractivity contribution in [2.45, 2.75) is 58.5 Å². The first-order chi connectivity index (χ1) is 9.44. The molecule has 3 nitrogen and oxygen atoms in total. The minimum absolute atomic E-state index is 0.0877. The Morgan fingerprint density at radius 1 is 1.40 bits per heavy atom. The van der Waals surface area contributed by atoms with Gasteiger partial charge in [0.25, 0.3) is 0 Å². The van der Waals surface area contributed by atoms with E-state index in [4.69, 9.17) is 16.3 Å². The SMILES string of the molecule is CC(C)(C)NCc1cnc(OCCC2CCC2)c(Cl)c1. The zero-order valence-corrected chi connectivity index (χ0v) is 13.5. The Bertz CT molecular complexity index is 439. The van der Waals surface area contributed by atoms with E-state index < -0.39 is 0 Å². The van der Waals surface area contributed by atoms with Crippen LogP contribution in [0.5, 0.6) is 5.88 Å². The molecule has 1 aromatic rings. The normalized spacial score (nSPS) is 16.0. The zero-order valence-electron chi connectivity index (χ0n) is 12.7. The number of nitrogens with zero attached hydrogens (tertiary/aromatic N) is 1. The number of rotatable bonds is 6. The molecule has 1 heterocycles. The quantitative estimate of drug-likeness (QED) is 0.854. The number of hydrogen-bond acceptors (Lipinski definition) is 3. The second-order valence-electron chi connectivity index (χ2n) is 6.67. The van der Waals surface area contributed by atoms with Crippen molar-refractivity contribution in [3.63, 3.8) is 0 Å². The Labute approximate surface area is 127 Å². The largest absolute Gasteiger partial charge is 0.477 e. The minimum atomic E-state index is 0.0877. The van der Waals surface area contributed by atoms with Crippen LogP contribution in [-0.2, 0) is 6.54 Å². The first kappa shape index (κ1) is 15.6. The predicted octanol–water partition coefficient (Wildman–Crippen LogP) is 4.19. The van der Waals surface area contributed by atoms with Gasteiger partial charge >= 0.3 is 0 Å². The second kappa shape index (κ2) is 6.77. The summed E-state index contributed by atoms with van der Waals surface area (Å²) in [5.41, 5.74) is 1.17. The standard InChI is InChI=1S/C16H25ClN2O/c1-16(2,3)19-11-13-9-14(17)15(18-10-13)20-8-7-12-5-4-6-12/h9-10,12,19H,4-8,11H2,1-3H3. The van der Waals surface area contributed by atoms with Crippen molar-refractivity contribution < 1.29 is 4.74 Å². The molecule has 0 saturated heterocycles. The van der Waals surface area contributed by atoms with Gasteiger partial charge in [-0.1, -0.05) is 30.9 Å². The summed E-state index contributed by atoms with van der Waals surface area (Å²) in [5.74, 6) is 1.41. The lowest BCUT2D eigenvalue weighted by molar-refractivity contribution is 0.217. The van der Waals surface area contributed by atoms with Crippen LogP contribution in [0.4, 0.5) is 0 Å². The highest BCUT2D eigenvalue weighted by atomic mass is 35.5. The van der Waals surface area contributed by atoms with E-state index in [1.165, 1.54) is 19.3 Å². The minimum Gasteiger partial charge on any atom is -0.477 e. The molecule has 1 saturated carbocycles. The maximum atomic E-state index is 6.23. The number of aromatic nitrogens is 1. The molecule has 20 heavy (non-hydrogen) atoms. The first-order valence-electron chi connectivity index (χ1n) is 7.46. The lowest BCUT2D eigenvalue weighted by Crippen LogP contribution is -2.35. The summed E-state index contributed by atoms with van der Waals surface area (Å²) in [7, 11) is 0. The van der Waals surface area contributed by atoms with Gasteiger partial charge < -0.3 is 10.1 Å². The summed E-state index contributed by atoms with van der Waals surface area (Å²) in [6.07, 6.45) is 7.03. The Hall–Kier alpha value is -0.800. The maximum Gasteiger partial charge on any atom is 0.232 e. The highest BCUT2D eigenvalue weighted by molar-refractivity contribution is 6.31. The molecular formula is C16H25ClN2O. The van der Waals surface area contributed by atoms with Crippen LogP contribution >= 0.6 is 11.6 Å². The van der Waals surface area contributed by atoms with Crippen molar-refractivity contribution in [3.05, 3.63) is 22.8 Å². The summed E-state index contributed by atoms with van der Waals surface area (Å²) >= 11 is 6.23. The smallest absolute Gasteiger partial charge is 0.232 e. The molecule has 4 heteroatoms. The monoisotopic (exact) mass is 296 g/mol. The summed E-state index contributed by atoms with van der Waals surface area (Å²) in [5, 5.41) is 4.02. The Kier molecular flexibility index (Phi) is 5.28. The topological polar surface area (TPSA) is 34.2 Å². The van der Waals surface area contributed by atoms with Crippen molar-refractivity contribution in [2.75, 3.05) is 6.61 Å². The average molecular weight is 297 g/mol. The third kappa shape index (κ3) is 4.95. The fourth-order valence-corrected chi connectivity index (χ4v) is 2.38. The fourth-order valence-electron chi connectivity index (χ4n) is 2.14. The van der Waals surface area contributed by atoms with Crippen molar-refractivity contribution in [1.82, 2.24) is 10.3 Å². The third-order valence-corrected chi connectivity index (χ3v) is 3.95. The van der Waals surface area contributed by atoms with E-state index in [0.29, 0.717) is 10.9 Å². The number of nitrogens with one attached hydrogen (secondary N) is 1. The Morgan fingerprint density at radius 3 is 2.70 bits per heavy atom. The van der Waals surface area contributed by atoms with Gasteiger partial charge in [-0.3, -0.25) is 0 Å². The van der Waals surface area contributed by atoms with Gasteiger partial charge in [0, 0.05) is 18.3 Å². The number of halogens is 1. The van der Waals surface area contributed by atoms with E-state index >= 15 is 0 Å². The molecule has 1 aromatic heterocycles. The molecule has 0 atom stereocenters. The van der Waals surface area contributed by atoms with Crippen LogP contribution in [0.25, 0.3) is 0 Å². The first-order valence-corrected chi connectivity index (χ1v) is 7.84. The highest BCUT2D eigenvalue weighted by Gasteiger charge is 2.17. The van der Waals surface area contributed by atoms with Crippen molar-refractivity contribution in [2.24, 2.45) is 5.92 Å². The van der Waals surface area contributed by atoms with Gasteiger partial charge in [-0.25, -0.2) is 4.98 Å². The van der Waals surface area contributed by atoms with Crippen molar-refractivity contribution in [3.8, 4) is 5.88 Å². The average Bonchev–Trinajstić information content (AvgIpc) is 2.31. The van der Waals surface area contributed by atoms with Gasteiger partial charge in [-0.15, -0.1) is 0 Å². The fraction of sp³-hybridized carbons (Fsp3) is 0.688. The molecule has 0 aromatic carbocycles. The van der Waals surface area contributed by atoms with Crippen LogP contribution in [0.1, 0.15) is 52.0 Å². The van der Waals surface area contributed by atoms with E-state index in [0.717, 1.165) is 31.1 Å². The molecule has 2 rings (SSSR count). The molecule has 1 N–H and O–H groups in total. The van der Waals surface area contributed by atoms with Gasteiger partial charge in [-0.05, 0) is 44.7 Å². The van der Waals surface area contributed by atoms with Gasteiger partial charge in [0.05, 0.1) is 6.61 Å². The molecule has 1 aliphatic carbocycles. The summed E-state index contributed by atoms with van der Waals surface area (Å²) in [4.78, 5) is 4.33. The lowest BCUT2D eigenvalue weighted by atomic mass is 9.83. The number of pyridine rings is 1. The summed E-state index contributed by atoms with van der Waals surface area (Å²) < 4.78 is 5.68. The van der Waals surface area contributed by atoms with E-state index in [1.54, 1.807) is 0 Å². The van der Waals surface area contributed by atoms with E-state index in [1.807, 2.05) is 12.3 Å². The molecule has 0 radical (unpaired) electrons. The summed E-state index contributed by atoms with van der Waals surface area (Å²) in [6.45, 7) is 7.90. The second-order valence-corrected chi connectivity index (χ2v) is 7.08. The van der Waals surface area contributed by atoms with Crippen LogP contribution in [-0.4, -0.2) is 17.1 Å². The third-order valence-electron chi connectivity index (χ3n) is 3.68. The predicted molar refractivity (Wildman–Crippen MR) is 83.3 cm³/mol. The van der Waals surface area contributed by atoms with E-state index in [2.05, 4.69) is 31.1 Å². The lowest BCUT2D eigenvalue weighted by Gasteiger charge is -2.25. The molecule has 1 fully saturated rings. The maximum absolute atomic E-state index is 6.23. The Morgan fingerprint density at radius 2 is 2.15 bits per heavy atom. The van der Waals surface area contributed by atoms with Gasteiger partial charge in [0.2, 0.25) is 5.88 Å². The van der Waals surface area contributed by atoms with E-state index in [9.17, 15) is 0 Å². The van der Waals surface area contributed by atoms with Crippen LogP contribution in [0.2, 0.25) is 5.02 Å². The van der Waals surface area contributed by atoms with Crippen LogP contribution in [0.3, 0.4) is 0 Å². The summed E-state index contributed by atoms with van der Waals surface area (Å²) in [6, 6.07) is 1.94. The highest BCUT2D eigenvalue weighted by Crippen LogP contribution is 2.30. The molecular weight excluding hydrogens is 272 g/mol. The van der Waals surface area contributed by atoms with Crippen LogP contribution < -0.4 is 10.1 Å².